The minimum absolute atomic E-state index is 0.0811. The van der Waals surface area contributed by atoms with E-state index in [1.807, 2.05) is 0 Å². The summed E-state index contributed by atoms with van der Waals surface area (Å²) in [6, 6.07) is 0. The molecular formula is C10H14N2O5S2. The molecule has 1 aliphatic rings. The molecule has 1 aliphatic heterocycles. The standard InChI is InChI=1S/C10H14N2O5S2/c1-19-5-2-12(10(18)11-8(5)16)9-7(15)6(14)4(3-13)17-9/h2,4,6-7,9,13-15H,3H2,1H3,(H,11,16,18)/t4-,6-,7+,9-/m1/s1. The van der Waals surface area contributed by atoms with Crippen molar-refractivity contribution >= 4 is 24.0 Å². The third kappa shape index (κ3) is 2.62. The Bertz CT molecular complexity index is 572. The maximum Gasteiger partial charge on any atom is 0.265 e. The van der Waals surface area contributed by atoms with Crippen molar-refractivity contribution < 1.29 is 20.1 Å². The minimum atomic E-state index is -1.23. The average molecular weight is 306 g/mol. The van der Waals surface area contributed by atoms with Crippen molar-refractivity contribution in [3.05, 3.63) is 21.3 Å². The summed E-state index contributed by atoms with van der Waals surface area (Å²) in [5, 5.41) is 28.7. The van der Waals surface area contributed by atoms with E-state index in [1.165, 1.54) is 22.5 Å². The lowest BCUT2D eigenvalue weighted by Gasteiger charge is -2.18. The lowest BCUT2D eigenvalue weighted by Crippen LogP contribution is -2.33. The molecule has 4 atom stereocenters. The summed E-state index contributed by atoms with van der Waals surface area (Å²) in [5.41, 5.74) is -0.319. The molecule has 0 radical (unpaired) electrons. The van der Waals surface area contributed by atoms with E-state index in [-0.39, 0.29) is 10.3 Å². The maximum atomic E-state index is 11.6. The van der Waals surface area contributed by atoms with E-state index in [0.717, 1.165) is 0 Å². The zero-order chi connectivity index (χ0) is 14.2. The number of thioether (sulfide) groups is 1. The van der Waals surface area contributed by atoms with Crippen LogP contribution in [0.1, 0.15) is 6.23 Å². The first-order valence-electron chi connectivity index (χ1n) is 5.51. The van der Waals surface area contributed by atoms with E-state index < -0.39 is 31.1 Å². The zero-order valence-corrected chi connectivity index (χ0v) is 11.6. The van der Waals surface area contributed by atoms with Crippen molar-refractivity contribution in [2.45, 2.75) is 29.4 Å². The first-order valence-corrected chi connectivity index (χ1v) is 7.14. The SMILES string of the molecule is CSc1cn([C@@H]2O[C@H](CO)[C@@H](O)[C@@H]2O)c(=S)[nH]c1=O. The largest absolute Gasteiger partial charge is 0.394 e. The Morgan fingerprint density at radius 2 is 2.21 bits per heavy atom. The van der Waals surface area contributed by atoms with Crippen molar-refractivity contribution in [3.63, 3.8) is 0 Å². The van der Waals surface area contributed by atoms with Gasteiger partial charge in [-0.3, -0.25) is 14.3 Å². The number of aliphatic hydroxyl groups excluding tert-OH is 3. The maximum absolute atomic E-state index is 11.6. The Balaban J connectivity index is 2.43. The van der Waals surface area contributed by atoms with Crippen molar-refractivity contribution in [3.8, 4) is 0 Å². The fourth-order valence-electron chi connectivity index (χ4n) is 1.91. The predicted molar refractivity (Wildman–Crippen MR) is 70.7 cm³/mol. The fourth-order valence-corrected chi connectivity index (χ4v) is 2.62. The van der Waals surface area contributed by atoms with E-state index >= 15 is 0 Å². The summed E-state index contributed by atoms with van der Waals surface area (Å²) < 4.78 is 6.80. The van der Waals surface area contributed by atoms with Gasteiger partial charge in [0.2, 0.25) is 0 Å². The van der Waals surface area contributed by atoms with Gasteiger partial charge in [0.25, 0.3) is 5.56 Å². The summed E-state index contributed by atoms with van der Waals surface area (Å²) in [7, 11) is 0. The molecule has 0 saturated carbocycles. The smallest absolute Gasteiger partial charge is 0.265 e. The molecule has 1 aromatic heterocycles. The Kier molecular flexibility index (Phi) is 4.43. The van der Waals surface area contributed by atoms with Gasteiger partial charge >= 0.3 is 0 Å². The van der Waals surface area contributed by atoms with Crippen LogP contribution in [0, 0.1) is 4.77 Å². The van der Waals surface area contributed by atoms with Crippen LogP contribution in [0.5, 0.6) is 0 Å². The Labute approximate surface area is 117 Å². The second-order valence-corrected chi connectivity index (χ2v) is 5.33. The summed E-state index contributed by atoms with van der Waals surface area (Å²) in [6.07, 6.45) is -1.07. The van der Waals surface area contributed by atoms with Gasteiger partial charge in [-0.15, -0.1) is 11.8 Å². The lowest BCUT2D eigenvalue weighted by atomic mass is 10.1. The molecule has 1 fully saturated rings. The third-order valence-electron chi connectivity index (χ3n) is 2.95. The van der Waals surface area contributed by atoms with Crippen molar-refractivity contribution in [1.82, 2.24) is 9.55 Å². The highest BCUT2D eigenvalue weighted by Crippen LogP contribution is 2.29. The summed E-state index contributed by atoms with van der Waals surface area (Å²) in [5.74, 6) is 0. The molecule has 2 heterocycles. The van der Waals surface area contributed by atoms with Crippen molar-refractivity contribution in [2.24, 2.45) is 0 Å². The normalized spacial score (nSPS) is 30.7. The van der Waals surface area contributed by atoms with Gasteiger partial charge in [-0.2, -0.15) is 0 Å². The molecule has 9 heteroatoms. The molecule has 0 unspecified atom stereocenters. The molecule has 2 rings (SSSR count). The van der Waals surface area contributed by atoms with Crippen LogP contribution < -0.4 is 5.56 Å². The summed E-state index contributed by atoms with van der Waals surface area (Å²) in [4.78, 5) is 14.4. The highest BCUT2D eigenvalue weighted by Gasteiger charge is 2.43. The molecule has 0 bridgehead atoms. The molecule has 0 amide bonds. The number of nitrogens with one attached hydrogen (secondary N) is 1. The minimum Gasteiger partial charge on any atom is -0.394 e. The van der Waals surface area contributed by atoms with Gasteiger partial charge in [-0.1, -0.05) is 0 Å². The second kappa shape index (κ2) is 5.73. The highest BCUT2D eigenvalue weighted by atomic mass is 32.2. The Morgan fingerprint density at radius 3 is 2.74 bits per heavy atom. The Morgan fingerprint density at radius 1 is 1.53 bits per heavy atom. The van der Waals surface area contributed by atoms with Crippen LogP contribution in [-0.2, 0) is 4.74 Å². The van der Waals surface area contributed by atoms with Gasteiger partial charge in [0, 0.05) is 6.20 Å². The van der Waals surface area contributed by atoms with Gasteiger partial charge in [0.05, 0.1) is 11.5 Å². The number of H-pyrrole nitrogens is 1. The van der Waals surface area contributed by atoms with E-state index in [2.05, 4.69) is 4.98 Å². The zero-order valence-electron chi connectivity index (χ0n) is 10.0. The number of hydrogen-bond acceptors (Lipinski definition) is 7. The molecule has 106 valence electrons. The number of hydrogen-bond donors (Lipinski definition) is 4. The van der Waals surface area contributed by atoms with Crippen LogP contribution in [0.4, 0.5) is 0 Å². The van der Waals surface area contributed by atoms with Crippen molar-refractivity contribution in [1.29, 1.82) is 0 Å². The van der Waals surface area contributed by atoms with Crippen LogP contribution in [0.3, 0.4) is 0 Å². The Hall–Kier alpha value is -0.710. The number of rotatable bonds is 3. The predicted octanol–water partition coefficient (Wildman–Crippen LogP) is -0.761. The molecule has 0 aromatic carbocycles. The number of aromatic nitrogens is 2. The second-order valence-electron chi connectivity index (χ2n) is 4.09. The summed E-state index contributed by atoms with van der Waals surface area (Å²) >= 11 is 6.24. The van der Waals surface area contributed by atoms with Gasteiger partial charge in [0.15, 0.2) is 11.0 Å². The molecule has 19 heavy (non-hydrogen) atoms. The monoisotopic (exact) mass is 306 g/mol. The molecular weight excluding hydrogens is 292 g/mol. The molecule has 7 nitrogen and oxygen atoms in total. The number of aromatic amines is 1. The first kappa shape index (κ1) is 14.7. The van der Waals surface area contributed by atoms with E-state index in [0.29, 0.717) is 4.90 Å². The molecule has 1 saturated heterocycles. The number of aliphatic hydroxyl groups is 3. The van der Waals surface area contributed by atoms with Crippen LogP contribution in [0.2, 0.25) is 0 Å². The highest BCUT2D eigenvalue weighted by molar-refractivity contribution is 7.98. The topological polar surface area (TPSA) is 108 Å². The molecule has 0 aliphatic carbocycles. The van der Waals surface area contributed by atoms with E-state index in [4.69, 9.17) is 22.1 Å². The molecule has 4 N–H and O–H groups in total. The van der Waals surface area contributed by atoms with Gasteiger partial charge in [0.1, 0.15) is 18.3 Å². The van der Waals surface area contributed by atoms with Crippen molar-refractivity contribution in [2.75, 3.05) is 12.9 Å². The van der Waals surface area contributed by atoms with Crippen LogP contribution in [0.25, 0.3) is 0 Å². The molecule has 1 aromatic rings. The quantitative estimate of drug-likeness (QED) is 0.429. The van der Waals surface area contributed by atoms with Gasteiger partial charge in [-0.25, -0.2) is 0 Å². The lowest BCUT2D eigenvalue weighted by molar-refractivity contribution is -0.0544. The van der Waals surface area contributed by atoms with E-state index in [1.54, 1.807) is 6.26 Å². The van der Waals surface area contributed by atoms with Gasteiger partial charge in [-0.05, 0) is 18.5 Å². The van der Waals surface area contributed by atoms with Crippen LogP contribution in [-0.4, -0.2) is 56.0 Å². The average Bonchev–Trinajstić information content (AvgIpc) is 2.67. The summed E-state index contributed by atoms with van der Waals surface area (Å²) in [6.45, 7) is -0.416. The fraction of sp³-hybridized carbons (Fsp3) is 0.600. The number of nitrogens with zero attached hydrogens (tertiary/aromatic N) is 1. The van der Waals surface area contributed by atoms with Crippen LogP contribution >= 0.6 is 24.0 Å². The van der Waals surface area contributed by atoms with Gasteiger partial charge < -0.3 is 20.1 Å². The number of ether oxygens (including phenoxy) is 1. The van der Waals surface area contributed by atoms with Crippen LogP contribution in [0.15, 0.2) is 15.9 Å². The first-order chi connectivity index (χ1) is 8.99. The molecule has 0 spiro atoms. The van der Waals surface area contributed by atoms with E-state index in [9.17, 15) is 15.0 Å². The third-order valence-corrected chi connectivity index (χ3v) is 3.99.